The van der Waals surface area contributed by atoms with Crippen LogP contribution in [-0.2, 0) is 9.53 Å². The Balaban J connectivity index is 3.52. The highest BCUT2D eigenvalue weighted by Gasteiger charge is 2.04. The molecule has 3 heteroatoms. The zero-order chi connectivity index (χ0) is 18.6. The maximum absolute atomic E-state index is 11.3. The van der Waals surface area contributed by atoms with E-state index in [4.69, 9.17) is 16.3 Å². The van der Waals surface area contributed by atoms with E-state index in [-0.39, 0.29) is 5.97 Å². The maximum Gasteiger partial charge on any atom is 0.307 e. The van der Waals surface area contributed by atoms with Crippen molar-refractivity contribution in [3.8, 4) is 0 Å². The molecule has 0 aromatic rings. The van der Waals surface area contributed by atoms with Crippen molar-refractivity contribution in [1.82, 2.24) is 0 Å². The van der Waals surface area contributed by atoms with Gasteiger partial charge in [0, 0.05) is 6.42 Å². The second-order valence-electron chi connectivity index (χ2n) is 5.63. The summed E-state index contributed by atoms with van der Waals surface area (Å²) in [6.07, 6.45) is 28.9. The van der Waals surface area contributed by atoms with Crippen molar-refractivity contribution >= 4 is 17.6 Å². The number of allylic oxidation sites excluding steroid dienone is 10. The molecule has 0 aromatic carbocycles. The van der Waals surface area contributed by atoms with Crippen LogP contribution in [-0.4, -0.2) is 11.5 Å². The van der Waals surface area contributed by atoms with Crippen LogP contribution >= 0.6 is 11.6 Å². The second-order valence-corrected chi connectivity index (χ2v) is 6.25. The fourth-order valence-electron chi connectivity index (χ4n) is 1.97. The van der Waals surface area contributed by atoms with Crippen LogP contribution in [0.15, 0.2) is 60.8 Å². The lowest BCUT2D eigenvalue weighted by atomic mass is 10.2. The Morgan fingerprint density at radius 3 is 1.72 bits per heavy atom. The first-order chi connectivity index (χ1) is 12.2. The van der Waals surface area contributed by atoms with Crippen molar-refractivity contribution in [3.63, 3.8) is 0 Å². The van der Waals surface area contributed by atoms with Crippen LogP contribution in [0.1, 0.15) is 65.2 Å². The molecule has 0 saturated heterocycles. The van der Waals surface area contributed by atoms with Crippen LogP contribution < -0.4 is 0 Å². The third-order valence-electron chi connectivity index (χ3n) is 3.20. The van der Waals surface area contributed by atoms with Crippen molar-refractivity contribution in [2.45, 2.75) is 70.8 Å². The van der Waals surface area contributed by atoms with Crippen molar-refractivity contribution in [2.75, 3.05) is 0 Å². The zero-order valence-electron chi connectivity index (χ0n) is 15.7. The van der Waals surface area contributed by atoms with Gasteiger partial charge in [-0.3, -0.25) is 4.79 Å². The predicted octanol–water partition coefficient (Wildman–Crippen LogP) is 7.04. The van der Waals surface area contributed by atoms with Crippen molar-refractivity contribution < 1.29 is 9.53 Å². The summed E-state index contributed by atoms with van der Waals surface area (Å²) in [6.45, 7) is 3.79. The van der Waals surface area contributed by atoms with Gasteiger partial charge in [0.15, 0.2) is 5.56 Å². The lowest BCUT2D eigenvalue weighted by molar-refractivity contribution is -0.144. The van der Waals surface area contributed by atoms with Gasteiger partial charge in [-0.1, -0.05) is 79.3 Å². The monoisotopic (exact) mass is 364 g/mol. The quantitative estimate of drug-likeness (QED) is 0.143. The second kappa shape index (κ2) is 18.8. The number of hydrogen-bond donors (Lipinski definition) is 0. The molecule has 1 unspecified atom stereocenters. The van der Waals surface area contributed by atoms with Crippen LogP contribution in [0.25, 0.3) is 0 Å². The first kappa shape index (κ1) is 23.5. The molecule has 0 rings (SSSR count). The van der Waals surface area contributed by atoms with E-state index >= 15 is 0 Å². The van der Waals surface area contributed by atoms with Crippen molar-refractivity contribution in [2.24, 2.45) is 0 Å². The maximum atomic E-state index is 11.3. The number of carbonyl (C=O) groups is 1. The average molecular weight is 365 g/mol. The Morgan fingerprint density at radius 1 is 0.840 bits per heavy atom. The molecule has 0 amide bonds. The summed E-state index contributed by atoms with van der Waals surface area (Å²) < 4.78 is 4.86. The topological polar surface area (TPSA) is 26.3 Å². The van der Waals surface area contributed by atoms with Crippen LogP contribution in [0, 0.1) is 0 Å². The molecule has 0 N–H and O–H groups in total. The Morgan fingerprint density at radius 2 is 1.28 bits per heavy atom. The zero-order valence-corrected chi connectivity index (χ0v) is 16.5. The number of ether oxygens (including phenoxy) is 1. The van der Waals surface area contributed by atoms with Crippen LogP contribution in [0.2, 0.25) is 0 Å². The Hall–Kier alpha value is -1.54. The van der Waals surface area contributed by atoms with Crippen molar-refractivity contribution in [1.29, 1.82) is 0 Å². The molecule has 2 nitrogen and oxygen atoms in total. The molecule has 0 aliphatic rings. The van der Waals surface area contributed by atoms with E-state index in [1.54, 1.807) is 6.92 Å². The minimum Gasteiger partial charge on any atom is -0.446 e. The summed E-state index contributed by atoms with van der Waals surface area (Å²) in [5.74, 6) is -0.227. The van der Waals surface area contributed by atoms with E-state index in [1.807, 2.05) is 0 Å². The van der Waals surface area contributed by atoms with Gasteiger partial charge in [0.25, 0.3) is 0 Å². The molecule has 0 fully saturated rings. The van der Waals surface area contributed by atoms with Crippen LogP contribution in [0.5, 0.6) is 0 Å². The van der Waals surface area contributed by atoms with Gasteiger partial charge in [-0.05, 0) is 51.9 Å². The summed E-state index contributed by atoms with van der Waals surface area (Å²) in [4.78, 5) is 11.3. The van der Waals surface area contributed by atoms with E-state index < -0.39 is 5.56 Å². The Kier molecular flexibility index (Phi) is 17.6. The fourth-order valence-corrected chi connectivity index (χ4v) is 2.07. The number of halogens is 1. The van der Waals surface area contributed by atoms with Gasteiger partial charge >= 0.3 is 5.97 Å². The average Bonchev–Trinajstić information content (AvgIpc) is 2.57. The molecule has 0 radical (unpaired) electrons. The van der Waals surface area contributed by atoms with Crippen LogP contribution in [0.3, 0.4) is 0 Å². The van der Waals surface area contributed by atoms with Crippen molar-refractivity contribution in [3.05, 3.63) is 60.8 Å². The molecule has 0 bridgehead atoms. The third kappa shape index (κ3) is 20.4. The smallest absolute Gasteiger partial charge is 0.307 e. The van der Waals surface area contributed by atoms with Gasteiger partial charge in [0.05, 0.1) is 0 Å². The normalized spacial score (nSPS) is 13.9. The molecule has 0 aliphatic carbocycles. The number of esters is 1. The summed E-state index contributed by atoms with van der Waals surface area (Å²) in [7, 11) is 0. The van der Waals surface area contributed by atoms with E-state index in [0.717, 1.165) is 44.9 Å². The Bertz CT molecular complexity index is 457. The molecule has 0 spiro atoms. The van der Waals surface area contributed by atoms with Gasteiger partial charge in [-0.15, -0.1) is 0 Å². The third-order valence-corrected chi connectivity index (χ3v) is 3.29. The lowest BCUT2D eigenvalue weighted by Gasteiger charge is -2.04. The summed E-state index contributed by atoms with van der Waals surface area (Å²) >= 11 is 5.58. The van der Waals surface area contributed by atoms with Gasteiger partial charge in [0.1, 0.15) is 0 Å². The van der Waals surface area contributed by atoms with E-state index in [2.05, 4.69) is 67.7 Å². The standard InChI is InChI=1S/C22H33ClO2/c1-3-4-5-6-7-8-9-10-11-12-13-14-15-16-17-18-19-20-22(24)25-21(2)23/h4-5,7-8,10-11,13-14,16-17,21H,3,6,9,12,15,18-20H2,1-2H3/b5-4-,8-7-,11-10-,14-13-,17-16-. The first-order valence-corrected chi connectivity index (χ1v) is 9.69. The Labute approximate surface area is 159 Å². The summed E-state index contributed by atoms with van der Waals surface area (Å²) in [5, 5.41) is 0. The minimum absolute atomic E-state index is 0.227. The minimum atomic E-state index is -0.541. The number of carbonyl (C=O) groups excluding carboxylic acids is 1. The van der Waals surface area contributed by atoms with Gasteiger partial charge in [0.2, 0.25) is 0 Å². The highest BCUT2D eigenvalue weighted by Crippen LogP contribution is 2.04. The van der Waals surface area contributed by atoms with E-state index in [9.17, 15) is 4.79 Å². The molecule has 0 aliphatic heterocycles. The van der Waals surface area contributed by atoms with Crippen LogP contribution in [0.4, 0.5) is 0 Å². The van der Waals surface area contributed by atoms with Gasteiger partial charge in [-0.25, -0.2) is 0 Å². The largest absolute Gasteiger partial charge is 0.446 e. The van der Waals surface area contributed by atoms with Gasteiger partial charge in [-0.2, -0.15) is 0 Å². The van der Waals surface area contributed by atoms with E-state index in [1.165, 1.54) is 0 Å². The lowest BCUT2D eigenvalue weighted by Crippen LogP contribution is -2.08. The SMILES string of the molecule is CC/C=C\C/C=C\C/C=C\C/C=C\C/C=C\CCCC(=O)OC(C)Cl. The fraction of sp³-hybridized carbons (Fsp3) is 0.500. The molecule has 0 heterocycles. The number of rotatable bonds is 14. The highest BCUT2D eigenvalue weighted by molar-refractivity contribution is 6.19. The first-order valence-electron chi connectivity index (χ1n) is 9.25. The number of alkyl halides is 1. The molecule has 0 saturated carbocycles. The summed E-state index contributed by atoms with van der Waals surface area (Å²) in [5.41, 5.74) is -0.541. The molecule has 1 atom stereocenters. The highest BCUT2D eigenvalue weighted by atomic mass is 35.5. The molecule has 140 valence electrons. The molecular formula is C22H33ClO2. The summed E-state index contributed by atoms with van der Waals surface area (Å²) in [6, 6.07) is 0. The number of hydrogen-bond acceptors (Lipinski definition) is 2. The van der Waals surface area contributed by atoms with E-state index in [0.29, 0.717) is 6.42 Å². The molecule has 0 aromatic heterocycles. The van der Waals surface area contributed by atoms with Gasteiger partial charge < -0.3 is 4.74 Å². The molecular weight excluding hydrogens is 332 g/mol. The predicted molar refractivity (Wildman–Crippen MR) is 110 cm³/mol. The number of unbranched alkanes of at least 4 members (excludes halogenated alkanes) is 1. The molecule has 25 heavy (non-hydrogen) atoms.